The molecule has 0 radical (unpaired) electrons. The molecule has 0 amide bonds. The highest BCUT2D eigenvalue weighted by atomic mass is 35.5. The van der Waals surface area contributed by atoms with Gasteiger partial charge in [-0.1, -0.05) is 18.5 Å². The lowest BCUT2D eigenvalue weighted by Gasteiger charge is -2.15. The summed E-state index contributed by atoms with van der Waals surface area (Å²) in [6, 6.07) is -0.0870. The second kappa shape index (κ2) is 6.96. The van der Waals surface area contributed by atoms with Crippen LogP contribution in [0.4, 0.5) is 0 Å². The Balaban J connectivity index is 2.65. The molecule has 1 heterocycles. The first-order chi connectivity index (χ1) is 8.13. The molecule has 5 nitrogen and oxygen atoms in total. The van der Waals surface area contributed by atoms with Crippen LogP contribution in [0.2, 0.25) is 5.02 Å². The van der Waals surface area contributed by atoms with Crippen molar-refractivity contribution in [3.63, 3.8) is 0 Å². The summed E-state index contributed by atoms with van der Waals surface area (Å²) in [4.78, 5) is 0. The van der Waals surface area contributed by atoms with Gasteiger partial charge in [0.25, 0.3) is 0 Å². The quantitative estimate of drug-likeness (QED) is 0.760. The Morgan fingerprint density at radius 1 is 1.59 bits per heavy atom. The van der Waals surface area contributed by atoms with Crippen LogP contribution in [0, 0.1) is 0 Å². The predicted molar refractivity (Wildman–Crippen MR) is 67.2 cm³/mol. The van der Waals surface area contributed by atoms with Crippen molar-refractivity contribution in [3.05, 3.63) is 16.4 Å². The monoisotopic (exact) mass is 261 g/mol. The molecule has 0 spiro atoms. The second-order valence-corrected chi connectivity index (χ2v) is 4.28. The van der Waals surface area contributed by atoms with Crippen LogP contribution in [0.5, 0.6) is 0 Å². The van der Waals surface area contributed by atoms with Gasteiger partial charge >= 0.3 is 0 Å². The van der Waals surface area contributed by atoms with E-state index in [1.807, 2.05) is 14.0 Å². The van der Waals surface area contributed by atoms with Crippen LogP contribution < -0.4 is 5.32 Å². The number of nitrogens with zero attached hydrogens (tertiary/aromatic N) is 2. The maximum Gasteiger partial charge on any atom is 0.0863 e. The molecule has 1 atom stereocenters. The van der Waals surface area contributed by atoms with E-state index in [0.29, 0.717) is 18.2 Å². The van der Waals surface area contributed by atoms with Gasteiger partial charge in [0, 0.05) is 20.7 Å². The van der Waals surface area contributed by atoms with Crippen LogP contribution in [-0.2, 0) is 24.8 Å². The third-order valence-corrected chi connectivity index (χ3v) is 3.09. The number of hydrogen-bond acceptors (Lipinski definition) is 4. The van der Waals surface area contributed by atoms with E-state index in [9.17, 15) is 0 Å². The van der Waals surface area contributed by atoms with Crippen LogP contribution in [0.25, 0.3) is 0 Å². The Hall–Kier alpha value is -0.620. The highest BCUT2D eigenvalue weighted by Crippen LogP contribution is 2.20. The number of aryl methyl sites for hydroxylation is 2. The largest absolute Gasteiger partial charge is 0.395 e. The van der Waals surface area contributed by atoms with Gasteiger partial charge in [0.1, 0.15) is 0 Å². The molecule has 0 aromatic carbocycles. The highest BCUT2D eigenvalue weighted by Gasteiger charge is 2.14. The Labute approximate surface area is 107 Å². The summed E-state index contributed by atoms with van der Waals surface area (Å²) in [6.45, 7) is 3.08. The number of hydrogen-bond donors (Lipinski definition) is 2. The average Bonchev–Trinajstić information content (AvgIpc) is 2.60. The molecule has 0 bridgehead atoms. The lowest BCUT2D eigenvalue weighted by molar-refractivity contribution is 0.127. The summed E-state index contributed by atoms with van der Waals surface area (Å²) in [6.07, 6.45) is 0.814. The van der Waals surface area contributed by atoms with Crippen molar-refractivity contribution < 1.29 is 9.84 Å². The predicted octanol–water partition coefficient (Wildman–Crippen LogP) is 0.733. The minimum Gasteiger partial charge on any atom is -0.395 e. The summed E-state index contributed by atoms with van der Waals surface area (Å²) < 4.78 is 6.77. The standard InChI is InChI=1S/C11H20ClN3O2/c1-4-9-11(12)10(15(2)14-9)5-13-8(6-16)7-17-3/h8,13,16H,4-7H2,1-3H3. The van der Waals surface area contributed by atoms with E-state index in [-0.39, 0.29) is 12.6 Å². The SMILES string of the molecule is CCc1nn(C)c(CNC(CO)COC)c1Cl. The smallest absolute Gasteiger partial charge is 0.0863 e. The first-order valence-corrected chi connectivity index (χ1v) is 6.05. The van der Waals surface area contributed by atoms with Crippen molar-refractivity contribution in [1.29, 1.82) is 0 Å². The van der Waals surface area contributed by atoms with Gasteiger partial charge < -0.3 is 15.2 Å². The lowest BCUT2D eigenvalue weighted by atomic mass is 10.2. The van der Waals surface area contributed by atoms with Crippen LogP contribution in [-0.4, -0.2) is 41.3 Å². The first-order valence-electron chi connectivity index (χ1n) is 5.67. The van der Waals surface area contributed by atoms with Crippen molar-refractivity contribution in [2.24, 2.45) is 7.05 Å². The van der Waals surface area contributed by atoms with Crippen molar-refractivity contribution in [2.45, 2.75) is 25.9 Å². The van der Waals surface area contributed by atoms with Gasteiger partial charge in [0.15, 0.2) is 0 Å². The summed E-state index contributed by atoms with van der Waals surface area (Å²) in [5.41, 5.74) is 1.83. The van der Waals surface area contributed by atoms with Gasteiger partial charge in [0.2, 0.25) is 0 Å². The fourth-order valence-corrected chi connectivity index (χ4v) is 1.99. The van der Waals surface area contributed by atoms with E-state index in [1.54, 1.807) is 11.8 Å². The number of nitrogens with one attached hydrogen (secondary N) is 1. The first kappa shape index (κ1) is 14.4. The number of aromatic nitrogens is 2. The Kier molecular flexibility index (Phi) is 5.91. The molecule has 6 heteroatoms. The Morgan fingerprint density at radius 2 is 2.29 bits per heavy atom. The third kappa shape index (κ3) is 3.67. The number of aliphatic hydroxyl groups is 1. The average molecular weight is 262 g/mol. The number of ether oxygens (including phenoxy) is 1. The normalized spacial score (nSPS) is 13.0. The number of halogens is 1. The molecule has 1 aromatic rings. The van der Waals surface area contributed by atoms with Crippen molar-refractivity contribution in [1.82, 2.24) is 15.1 Å². The molecule has 0 fully saturated rings. The van der Waals surface area contributed by atoms with Crippen molar-refractivity contribution in [2.75, 3.05) is 20.3 Å². The molecule has 1 unspecified atom stereocenters. The zero-order valence-electron chi connectivity index (χ0n) is 10.5. The molecular weight excluding hydrogens is 242 g/mol. The highest BCUT2D eigenvalue weighted by molar-refractivity contribution is 6.31. The van der Waals surface area contributed by atoms with E-state index in [2.05, 4.69) is 10.4 Å². The third-order valence-electron chi connectivity index (χ3n) is 2.65. The Morgan fingerprint density at radius 3 is 2.76 bits per heavy atom. The molecule has 0 saturated carbocycles. The minimum atomic E-state index is -0.0870. The maximum atomic E-state index is 9.13. The van der Waals surface area contributed by atoms with Crippen LogP contribution in [0.15, 0.2) is 0 Å². The summed E-state index contributed by atoms with van der Waals surface area (Å²) in [5, 5.41) is 17.3. The van der Waals surface area contributed by atoms with Crippen LogP contribution >= 0.6 is 11.6 Å². The van der Waals surface area contributed by atoms with Crippen LogP contribution in [0.1, 0.15) is 18.3 Å². The van der Waals surface area contributed by atoms with E-state index in [0.717, 1.165) is 17.8 Å². The second-order valence-electron chi connectivity index (χ2n) is 3.90. The molecule has 1 aromatic heterocycles. The van der Waals surface area contributed by atoms with Gasteiger partial charge in [-0.15, -0.1) is 0 Å². The fourth-order valence-electron chi connectivity index (χ4n) is 1.63. The van der Waals surface area contributed by atoms with Crippen molar-refractivity contribution >= 4 is 11.6 Å². The molecule has 0 saturated heterocycles. The number of methoxy groups -OCH3 is 1. The zero-order chi connectivity index (χ0) is 12.8. The molecule has 17 heavy (non-hydrogen) atoms. The lowest BCUT2D eigenvalue weighted by Crippen LogP contribution is -2.36. The summed E-state index contributed by atoms with van der Waals surface area (Å²) in [7, 11) is 3.48. The van der Waals surface area contributed by atoms with Gasteiger partial charge in [-0.2, -0.15) is 5.10 Å². The molecule has 0 aliphatic carbocycles. The van der Waals surface area contributed by atoms with Crippen molar-refractivity contribution in [3.8, 4) is 0 Å². The zero-order valence-corrected chi connectivity index (χ0v) is 11.3. The number of rotatable bonds is 7. The molecule has 98 valence electrons. The topological polar surface area (TPSA) is 59.3 Å². The molecular formula is C11H20ClN3O2. The van der Waals surface area contributed by atoms with Gasteiger partial charge in [-0.25, -0.2) is 0 Å². The molecule has 2 N–H and O–H groups in total. The van der Waals surface area contributed by atoms with E-state index < -0.39 is 0 Å². The minimum absolute atomic E-state index is 0.0317. The molecule has 0 aliphatic rings. The van der Waals surface area contributed by atoms with E-state index in [1.165, 1.54) is 0 Å². The summed E-state index contributed by atoms with van der Waals surface area (Å²) in [5.74, 6) is 0. The van der Waals surface area contributed by atoms with Gasteiger partial charge in [0.05, 0.1) is 35.7 Å². The molecule has 1 rings (SSSR count). The Bertz CT molecular complexity index is 355. The van der Waals surface area contributed by atoms with Crippen LogP contribution in [0.3, 0.4) is 0 Å². The summed E-state index contributed by atoms with van der Waals surface area (Å²) >= 11 is 6.22. The van der Waals surface area contributed by atoms with Gasteiger partial charge in [-0.05, 0) is 6.42 Å². The van der Waals surface area contributed by atoms with E-state index in [4.69, 9.17) is 21.4 Å². The molecule has 0 aliphatic heterocycles. The number of aliphatic hydroxyl groups excluding tert-OH is 1. The van der Waals surface area contributed by atoms with E-state index >= 15 is 0 Å². The maximum absolute atomic E-state index is 9.13. The fraction of sp³-hybridized carbons (Fsp3) is 0.727. The van der Waals surface area contributed by atoms with Gasteiger partial charge in [-0.3, -0.25) is 4.68 Å².